The van der Waals surface area contributed by atoms with E-state index in [0.717, 1.165) is 29.2 Å². The van der Waals surface area contributed by atoms with Gasteiger partial charge in [0.2, 0.25) is 5.91 Å². The second-order valence-electron chi connectivity index (χ2n) is 6.29. The first-order chi connectivity index (χ1) is 12.6. The normalized spacial score (nSPS) is 16.2. The minimum Gasteiger partial charge on any atom is -0.379 e. The van der Waals surface area contributed by atoms with Crippen molar-refractivity contribution in [3.05, 3.63) is 69.7 Å². The Bertz CT molecular complexity index is 731. The molecule has 2 aromatic carbocycles. The van der Waals surface area contributed by atoms with E-state index in [4.69, 9.17) is 27.9 Å². The molecule has 1 N–H and O–H groups in total. The van der Waals surface area contributed by atoms with Crippen molar-refractivity contribution in [3.63, 3.8) is 0 Å². The number of rotatable bonds is 6. The van der Waals surface area contributed by atoms with Gasteiger partial charge in [0.15, 0.2) is 0 Å². The highest BCUT2D eigenvalue weighted by molar-refractivity contribution is 6.31. The van der Waals surface area contributed by atoms with Crippen LogP contribution in [0.2, 0.25) is 10.0 Å². The first-order valence-corrected chi connectivity index (χ1v) is 9.46. The molecular formula is C20H22Cl2N2O2. The Balaban J connectivity index is 1.66. The van der Waals surface area contributed by atoms with Gasteiger partial charge >= 0.3 is 0 Å². The molecule has 1 aliphatic rings. The van der Waals surface area contributed by atoms with Crippen molar-refractivity contribution >= 4 is 29.1 Å². The van der Waals surface area contributed by atoms with E-state index in [1.54, 1.807) is 12.1 Å². The van der Waals surface area contributed by atoms with E-state index in [0.29, 0.717) is 31.2 Å². The van der Waals surface area contributed by atoms with Crippen molar-refractivity contribution in [1.82, 2.24) is 10.2 Å². The lowest BCUT2D eigenvalue weighted by atomic mass is 10.0. The maximum Gasteiger partial charge on any atom is 0.224 e. The summed E-state index contributed by atoms with van der Waals surface area (Å²) in [6.45, 7) is 3.54. The highest BCUT2D eigenvalue weighted by atomic mass is 35.5. The van der Waals surface area contributed by atoms with Crippen molar-refractivity contribution in [2.75, 3.05) is 32.8 Å². The summed E-state index contributed by atoms with van der Waals surface area (Å²) in [5, 5.41) is 4.44. The Morgan fingerprint density at radius 3 is 2.46 bits per heavy atom. The van der Waals surface area contributed by atoms with Crippen LogP contribution in [0.25, 0.3) is 0 Å². The Hall–Kier alpha value is -1.59. The zero-order valence-electron chi connectivity index (χ0n) is 14.5. The Kier molecular flexibility index (Phi) is 6.92. The van der Waals surface area contributed by atoms with Crippen molar-refractivity contribution < 1.29 is 9.53 Å². The van der Waals surface area contributed by atoms with Crippen molar-refractivity contribution in [1.29, 1.82) is 0 Å². The molecule has 3 rings (SSSR count). The van der Waals surface area contributed by atoms with Crippen LogP contribution >= 0.6 is 23.2 Å². The number of halogens is 2. The minimum atomic E-state index is -0.0161. The number of benzene rings is 2. The second kappa shape index (κ2) is 9.38. The zero-order valence-corrected chi connectivity index (χ0v) is 16.0. The van der Waals surface area contributed by atoms with Crippen LogP contribution in [-0.2, 0) is 16.0 Å². The van der Waals surface area contributed by atoms with E-state index in [9.17, 15) is 4.79 Å². The number of hydrogen-bond donors (Lipinski definition) is 1. The highest BCUT2D eigenvalue weighted by Crippen LogP contribution is 2.27. The van der Waals surface area contributed by atoms with E-state index < -0.39 is 0 Å². The predicted molar refractivity (Wildman–Crippen MR) is 105 cm³/mol. The zero-order chi connectivity index (χ0) is 18.4. The van der Waals surface area contributed by atoms with Gasteiger partial charge in [-0.25, -0.2) is 0 Å². The summed E-state index contributed by atoms with van der Waals surface area (Å²) >= 11 is 12.3. The number of nitrogens with one attached hydrogen (secondary N) is 1. The Labute approximate surface area is 164 Å². The van der Waals surface area contributed by atoms with E-state index in [2.05, 4.69) is 10.2 Å². The van der Waals surface area contributed by atoms with Crippen LogP contribution in [0.15, 0.2) is 48.5 Å². The molecular weight excluding hydrogens is 371 g/mol. The average Bonchev–Trinajstić information content (AvgIpc) is 2.66. The van der Waals surface area contributed by atoms with E-state index in [-0.39, 0.29) is 11.9 Å². The summed E-state index contributed by atoms with van der Waals surface area (Å²) in [5.41, 5.74) is 1.97. The van der Waals surface area contributed by atoms with E-state index in [1.807, 2.05) is 36.4 Å². The van der Waals surface area contributed by atoms with Crippen molar-refractivity contribution in [2.45, 2.75) is 12.5 Å². The molecule has 1 atom stereocenters. The molecule has 1 fully saturated rings. The first kappa shape index (κ1) is 19.2. The third-order valence-electron chi connectivity index (χ3n) is 4.52. The molecule has 26 heavy (non-hydrogen) atoms. The molecule has 2 aromatic rings. The monoisotopic (exact) mass is 392 g/mol. The Morgan fingerprint density at radius 1 is 1.08 bits per heavy atom. The van der Waals surface area contributed by atoms with Gasteiger partial charge in [0, 0.05) is 29.7 Å². The van der Waals surface area contributed by atoms with Gasteiger partial charge in [-0.15, -0.1) is 0 Å². The van der Waals surface area contributed by atoms with Gasteiger partial charge in [0.1, 0.15) is 0 Å². The lowest BCUT2D eigenvalue weighted by Crippen LogP contribution is -2.44. The fourth-order valence-corrected chi connectivity index (χ4v) is 3.52. The summed E-state index contributed by atoms with van der Waals surface area (Å²) in [4.78, 5) is 14.7. The second-order valence-corrected chi connectivity index (χ2v) is 7.14. The molecule has 0 spiro atoms. The molecule has 1 aliphatic heterocycles. The molecule has 1 saturated heterocycles. The van der Waals surface area contributed by atoms with Crippen molar-refractivity contribution in [2.24, 2.45) is 0 Å². The van der Waals surface area contributed by atoms with Gasteiger partial charge in [-0.2, -0.15) is 0 Å². The van der Waals surface area contributed by atoms with Crippen LogP contribution < -0.4 is 5.32 Å². The summed E-state index contributed by atoms with van der Waals surface area (Å²) in [5.74, 6) is -0.0161. The molecule has 0 aromatic heterocycles. The predicted octanol–water partition coefficient (Wildman–Crippen LogP) is 3.73. The molecule has 4 nitrogen and oxygen atoms in total. The van der Waals surface area contributed by atoms with Gasteiger partial charge < -0.3 is 10.1 Å². The number of nitrogens with zero attached hydrogens (tertiary/aromatic N) is 1. The number of amides is 1. The summed E-state index contributed by atoms with van der Waals surface area (Å²) in [7, 11) is 0. The van der Waals surface area contributed by atoms with Gasteiger partial charge in [-0.05, 0) is 29.3 Å². The average molecular weight is 393 g/mol. The van der Waals surface area contributed by atoms with Crippen LogP contribution in [0, 0.1) is 0 Å². The van der Waals surface area contributed by atoms with Gasteiger partial charge in [-0.3, -0.25) is 9.69 Å². The highest BCUT2D eigenvalue weighted by Gasteiger charge is 2.24. The van der Waals surface area contributed by atoms with Crippen LogP contribution in [0.3, 0.4) is 0 Å². The molecule has 6 heteroatoms. The molecule has 138 valence electrons. The SMILES string of the molecule is O=C(Cc1ccc(Cl)cc1)NCC(c1ccccc1Cl)N1CCOCC1. The maximum absolute atomic E-state index is 12.4. The first-order valence-electron chi connectivity index (χ1n) is 8.71. The van der Waals surface area contributed by atoms with Crippen molar-refractivity contribution in [3.8, 4) is 0 Å². The fourth-order valence-electron chi connectivity index (χ4n) is 3.13. The molecule has 0 aliphatic carbocycles. The molecule has 1 unspecified atom stereocenters. The number of morpholine rings is 1. The molecule has 1 heterocycles. The molecule has 0 radical (unpaired) electrons. The third kappa shape index (κ3) is 5.21. The number of ether oxygens (including phenoxy) is 1. The summed E-state index contributed by atoms with van der Waals surface area (Å²) in [6.07, 6.45) is 0.329. The number of hydrogen-bond acceptors (Lipinski definition) is 3. The maximum atomic E-state index is 12.4. The third-order valence-corrected chi connectivity index (χ3v) is 5.12. The lowest BCUT2D eigenvalue weighted by molar-refractivity contribution is -0.120. The van der Waals surface area contributed by atoms with Crippen LogP contribution in [-0.4, -0.2) is 43.7 Å². The summed E-state index contributed by atoms with van der Waals surface area (Å²) < 4.78 is 5.46. The standard InChI is InChI=1S/C20H22Cl2N2O2/c21-16-7-5-15(6-8-16)13-20(25)23-14-19(24-9-11-26-12-10-24)17-3-1-2-4-18(17)22/h1-8,19H,9-14H2,(H,23,25). The number of carbonyl (C=O) groups is 1. The number of carbonyl (C=O) groups excluding carboxylic acids is 1. The van der Waals surface area contributed by atoms with Gasteiger partial charge in [0.05, 0.1) is 25.7 Å². The molecule has 0 bridgehead atoms. The van der Waals surface area contributed by atoms with Gasteiger partial charge in [-0.1, -0.05) is 53.5 Å². The van der Waals surface area contributed by atoms with Crippen LogP contribution in [0.5, 0.6) is 0 Å². The largest absolute Gasteiger partial charge is 0.379 e. The topological polar surface area (TPSA) is 41.6 Å². The lowest BCUT2D eigenvalue weighted by Gasteiger charge is -2.35. The van der Waals surface area contributed by atoms with Gasteiger partial charge in [0.25, 0.3) is 0 Å². The smallest absolute Gasteiger partial charge is 0.224 e. The Morgan fingerprint density at radius 2 is 1.77 bits per heavy atom. The molecule has 1 amide bonds. The summed E-state index contributed by atoms with van der Waals surface area (Å²) in [6, 6.07) is 15.2. The molecule has 0 saturated carbocycles. The van der Waals surface area contributed by atoms with Crippen LogP contribution in [0.4, 0.5) is 0 Å². The van der Waals surface area contributed by atoms with E-state index in [1.165, 1.54) is 0 Å². The minimum absolute atomic E-state index is 0.0161. The van der Waals surface area contributed by atoms with Crippen LogP contribution in [0.1, 0.15) is 17.2 Å². The fraction of sp³-hybridized carbons (Fsp3) is 0.350. The van der Waals surface area contributed by atoms with E-state index >= 15 is 0 Å². The quantitative estimate of drug-likeness (QED) is 0.813.